The van der Waals surface area contributed by atoms with Gasteiger partial charge in [-0.3, -0.25) is 4.79 Å². The number of hydrogen-bond donors (Lipinski definition) is 1. The minimum absolute atomic E-state index is 0.219. The third kappa shape index (κ3) is 3.46. The van der Waals surface area contributed by atoms with E-state index < -0.39 is 0 Å². The molecule has 1 heterocycles. The normalized spacial score (nSPS) is 10.2. The van der Waals surface area contributed by atoms with Gasteiger partial charge >= 0.3 is 0 Å². The molecule has 2 aromatic carbocycles. The molecule has 0 fully saturated rings. The number of halogens is 1. The molecule has 0 saturated heterocycles. The van der Waals surface area contributed by atoms with E-state index in [9.17, 15) is 4.79 Å². The number of carbonyl (C=O) groups is 1. The van der Waals surface area contributed by atoms with Gasteiger partial charge in [-0.2, -0.15) is 5.26 Å². The zero-order chi connectivity index (χ0) is 17.1. The quantitative estimate of drug-likeness (QED) is 0.728. The molecule has 4 nitrogen and oxygen atoms in total. The highest BCUT2D eigenvalue weighted by molar-refractivity contribution is 7.17. The SMILES string of the molecule is Cc1nc(-c2cccc(Cl)c2)sc1C(=O)Nc1ccc(C#N)cc1. The number of amides is 1. The molecule has 0 aliphatic heterocycles. The van der Waals surface area contributed by atoms with Gasteiger partial charge in [0.05, 0.1) is 17.3 Å². The Morgan fingerprint density at radius 3 is 2.67 bits per heavy atom. The summed E-state index contributed by atoms with van der Waals surface area (Å²) in [5.41, 5.74) is 2.73. The Morgan fingerprint density at radius 2 is 2.00 bits per heavy atom. The lowest BCUT2D eigenvalue weighted by Gasteiger charge is -2.03. The van der Waals surface area contributed by atoms with E-state index in [1.807, 2.05) is 24.3 Å². The summed E-state index contributed by atoms with van der Waals surface area (Å²) in [6.45, 7) is 1.80. The number of hydrogen-bond acceptors (Lipinski definition) is 4. The largest absolute Gasteiger partial charge is 0.321 e. The maximum absolute atomic E-state index is 12.5. The second-order valence-electron chi connectivity index (χ2n) is 5.09. The summed E-state index contributed by atoms with van der Waals surface area (Å²) in [7, 11) is 0. The van der Waals surface area contributed by atoms with E-state index >= 15 is 0 Å². The summed E-state index contributed by atoms with van der Waals surface area (Å²) in [5, 5.41) is 13.0. The van der Waals surface area contributed by atoms with Crippen LogP contribution in [-0.4, -0.2) is 10.9 Å². The number of rotatable bonds is 3. The van der Waals surface area contributed by atoms with Gasteiger partial charge in [0.25, 0.3) is 5.91 Å². The lowest BCUT2D eigenvalue weighted by molar-refractivity contribution is 0.103. The van der Waals surface area contributed by atoms with Crippen LogP contribution >= 0.6 is 22.9 Å². The summed E-state index contributed by atoms with van der Waals surface area (Å²) in [6.07, 6.45) is 0. The molecule has 0 unspecified atom stereocenters. The Bertz CT molecular complexity index is 942. The van der Waals surface area contributed by atoms with Crippen molar-refractivity contribution in [2.24, 2.45) is 0 Å². The minimum Gasteiger partial charge on any atom is -0.321 e. The summed E-state index contributed by atoms with van der Waals surface area (Å²) >= 11 is 7.33. The molecule has 1 N–H and O–H groups in total. The van der Waals surface area contributed by atoms with Crippen LogP contribution in [0.5, 0.6) is 0 Å². The zero-order valence-corrected chi connectivity index (χ0v) is 14.3. The Balaban J connectivity index is 1.84. The molecule has 6 heteroatoms. The number of aromatic nitrogens is 1. The van der Waals surface area contributed by atoms with Crippen LogP contribution in [0.15, 0.2) is 48.5 Å². The van der Waals surface area contributed by atoms with E-state index in [2.05, 4.69) is 10.3 Å². The van der Waals surface area contributed by atoms with Crippen LogP contribution in [0.2, 0.25) is 5.02 Å². The number of carbonyl (C=O) groups excluding carboxylic acids is 1. The standard InChI is InChI=1S/C18H12ClN3OS/c1-11-16(17(23)22-15-7-5-12(10-20)6-8-15)24-18(21-11)13-3-2-4-14(19)9-13/h2-9H,1H3,(H,22,23). The van der Waals surface area contributed by atoms with Gasteiger partial charge in [0.1, 0.15) is 9.88 Å². The molecule has 1 aromatic heterocycles. The molecule has 118 valence electrons. The van der Waals surface area contributed by atoms with Crippen LogP contribution in [0.4, 0.5) is 5.69 Å². The maximum atomic E-state index is 12.5. The molecule has 0 bridgehead atoms. The first-order valence-electron chi connectivity index (χ1n) is 7.11. The first-order valence-corrected chi connectivity index (χ1v) is 8.31. The molecule has 0 aliphatic carbocycles. The van der Waals surface area contributed by atoms with Gasteiger partial charge in [-0.15, -0.1) is 11.3 Å². The van der Waals surface area contributed by atoms with Gasteiger partial charge in [0.2, 0.25) is 0 Å². The minimum atomic E-state index is -0.219. The number of nitriles is 1. The zero-order valence-electron chi connectivity index (χ0n) is 12.7. The molecule has 0 radical (unpaired) electrons. The fraction of sp³-hybridized carbons (Fsp3) is 0.0556. The van der Waals surface area contributed by atoms with Gasteiger partial charge in [-0.05, 0) is 43.3 Å². The predicted molar refractivity (Wildman–Crippen MR) is 96.4 cm³/mol. The number of benzene rings is 2. The first kappa shape index (κ1) is 16.2. The molecule has 0 atom stereocenters. The van der Waals surface area contributed by atoms with E-state index in [1.54, 1.807) is 37.3 Å². The molecule has 1 amide bonds. The maximum Gasteiger partial charge on any atom is 0.267 e. The Morgan fingerprint density at radius 1 is 1.25 bits per heavy atom. The second kappa shape index (κ2) is 6.83. The highest BCUT2D eigenvalue weighted by atomic mass is 35.5. The monoisotopic (exact) mass is 353 g/mol. The fourth-order valence-electron chi connectivity index (χ4n) is 2.17. The van der Waals surface area contributed by atoms with Crippen LogP contribution in [0.25, 0.3) is 10.6 Å². The van der Waals surface area contributed by atoms with E-state index in [4.69, 9.17) is 16.9 Å². The predicted octanol–water partition coefficient (Wildman–Crippen LogP) is 4.90. The van der Waals surface area contributed by atoms with Crippen LogP contribution < -0.4 is 5.32 Å². The summed E-state index contributed by atoms with van der Waals surface area (Å²) in [4.78, 5) is 17.5. The number of nitrogens with zero attached hydrogens (tertiary/aromatic N) is 2. The molecular formula is C18H12ClN3OS. The van der Waals surface area contributed by atoms with Gasteiger partial charge in [0, 0.05) is 16.3 Å². The van der Waals surface area contributed by atoms with Gasteiger partial charge in [-0.1, -0.05) is 23.7 Å². The smallest absolute Gasteiger partial charge is 0.267 e. The summed E-state index contributed by atoms with van der Waals surface area (Å²) < 4.78 is 0. The number of nitrogens with one attached hydrogen (secondary N) is 1. The van der Waals surface area contributed by atoms with Crippen molar-refractivity contribution < 1.29 is 4.79 Å². The highest BCUT2D eigenvalue weighted by Crippen LogP contribution is 2.30. The molecule has 0 aliphatic rings. The van der Waals surface area contributed by atoms with Crippen LogP contribution in [0.1, 0.15) is 20.9 Å². The van der Waals surface area contributed by atoms with Crippen molar-refractivity contribution in [1.29, 1.82) is 5.26 Å². The fourth-order valence-corrected chi connectivity index (χ4v) is 3.32. The van der Waals surface area contributed by atoms with E-state index in [1.165, 1.54) is 11.3 Å². The molecule has 24 heavy (non-hydrogen) atoms. The van der Waals surface area contributed by atoms with Gasteiger partial charge in [0.15, 0.2) is 0 Å². The average molecular weight is 354 g/mol. The van der Waals surface area contributed by atoms with Crippen molar-refractivity contribution in [3.8, 4) is 16.6 Å². The number of thiazole rings is 1. The second-order valence-corrected chi connectivity index (χ2v) is 6.52. The van der Waals surface area contributed by atoms with Crippen molar-refractivity contribution in [1.82, 2.24) is 4.98 Å². The highest BCUT2D eigenvalue weighted by Gasteiger charge is 2.16. The van der Waals surface area contributed by atoms with E-state index in [0.29, 0.717) is 26.8 Å². The summed E-state index contributed by atoms with van der Waals surface area (Å²) in [6, 6.07) is 16.1. The van der Waals surface area contributed by atoms with E-state index in [0.717, 1.165) is 10.6 Å². The Labute approximate surface area is 148 Å². The Kier molecular flexibility index (Phi) is 4.61. The van der Waals surface area contributed by atoms with Crippen LogP contribution in [0, 0.1) is 18.3 Å². The van der Waals surface area contributed by atoms with Crippen molar-refractivity contribution in [2.45, 2.75) is 6.92 Å². The molecular weight excluding hydrogens is 342 g/mol. The average Bonchev–Trinajstić information content (AvgIpc) is 2.97. The van der Waals surface area contributed by atoms with Crippen molar-refractivity contribution in [2.75, 3.05) is 5.32 Å². The summed E-state index contributed by atoms with van der Waals surface area (Å²) in [5.74, 6) is -0.219. The van der Waals surface area contributed by atoms with Gasteiger partial charge < -0.3 is 5.32 Å². The van der Waals surface area contributed by atoms with Gasteiger partial charge in [-0.25, -0.2) is 4.98 Å². The first-order chi connectivity index (χ1) is 11.6. The molecule has 3 aromatic rings. The van der Waals surface area contributed by atoms with Crippen LogP contribution in [-0.2, 0) is 0 Å². The third-order valence-electron chi connectivity index (χ3n) is 3.35. The van der Waals surface area contributed by atoms with Crippen molar-refractivity contribution in [3.63, 3.8) is 0 Å². The van der Waals surface area contributed by atoms with Crippen molar-refractivity contribution >= 4 is 34.5 Å². The lowest BCUT2D eigenvalue weighted by Crippen LogP contribution is -2.11. The lowest BCUT2D eigenvalue weighted by atomic mass is 10.2. The molecule has 3 rings (SSSR count). The third-order valence-corrected chi connectivity index (χ3v) is 4.79. The van der Waals surface area contributed by atoms with E-state index in [-0.39, 0.29) is 5.91 Å². The number of aryl methyl sites for hydroxylation is 1. The molecule has 0 saturated carbocycles. The Hall–Kier alpha value is -2.68. The van der Waals surface area contributed by atoms with Crippen LogP contribution in [0.3, 0.4) is 0 Å². The number of anilines is 1. The topological polar surface area (TPSA) is 65.8 Å². The molecule has 0 spiro atoms. The van der Waals surface area contributed by atoms with Crippen molar-refractivity contribution in [3.05, 3.63) is 69.7 Å².